The first-order valence-corrected chi connectivity index (χ1v) is 4.38. The van der Waals surface area contributed by atoms with Gasteiger partial charge in [0.1, 0.15) is 0 Å². The molecule has 0 bridgehead atoms. The van der Waals surface area contributed by atoms with E-state index in [1.54, 1.807) is 0 Å². The van der Waals surface area contributed by atoms with Crippen LogP contribution in [0.1, 0.15) is 34.1 Å². The van der Waals surface area contributed by atoms with Gasteiger partial charge in [0.25, 0.3) is 0 Å². The third-order valence-electron chi connectivity index (χ3n) is 1.83. The van der Waals surface area contributed by atoms with E-state index >= 15 is 0 Å². The Morgan fingerprint density at radius 2 is 2.00 bits per heavy atom. The highest BCUT2D eigenvalue weighted by Gasteiger charge is 2.25. The summed E-state index contributed by atoms with van der Waals surface area (Å²) in [6, 6.07) is 0.627. The second-order valence-electron chi connectivity index (χ2n) is 4.40. The van der Waals surface area contributed by atoms with Crippen molar-refractivity contribution in [3.8, 4) is 0 Å². The van der Waals surface area contributed by atoms with Gasteiger partial charge in [0, 0.05) is 12.6 Å². The van der Waals surface area contributed by atoms with E-state index in [-0.39, 0.29) is 5.60 Å². The molecule has 1 heterocycles. The fourth-order valence-electron chi connectivity index (χ4n) is 1.48. The third-order valence-corrected chi connectivity index (χ3v) is 1.83. The van der Waals surface area contributed by atoms with Crippen molar-refractivity contribution in [2.24, 2.45) is 0 Å². The van der Waals surface area contributed by atoms with Gasteiger partial charge in [-0.1, -0.05) is 0 Å². The first-order valence-electron chi connectivity index (χ1n) is 4.38. The van der Waals surface area contributed by atoms with E-state index in [9.17, 15) is 0 Å². The maximum Gasteiger partial charge on any atom is 0.0721 e. The van der Waals surface area contributed by atoms with Crippen molar-refractivity contribution in [2.75, 3.05) is 6.54 Å². The summed E-state index contributed by atoms with van der Waals surface area (Å²) in [5, 5.41) is 3.37. The molecule has 0 radical (unpaired) electrons. The second kappa shape index (κ2) is 3.11. The quantitative estimate of drug-likeness (QED) is 0.623. The molecule has 1 fully saturated rings. The van der Waals surface area contributed by atoms with Crippen LogP contribution in [-0.4, -0.2) is 24.3 Å². The Balaban J connectivity index is 2.29. The summed E-state index contributed by atoms with van der Waals surface area (Å²) in [7, 11) is 0. The molecule has 1 rings (SSSR count). The molecule has 0 aromatic rings. The summed E-state index contributed by atoms with van der Waals surface area (Å²) in [5.41, 5.74) is 0.0103. The van der Waals surface area contributed by atoms with Crippen LogP contribution in [0.25, 0.3) is 0 Å². The van der Waals surface area contributed by atoms with Crippen molar-refractivity contribution in [3.63, 3.8) is 0 Å². The molecule has 66 valence electrons. The minimum Gasteiger partial charge on any atom is -0.371 e. The average molecular weight is 157 g/mol. The highest BCUT2D eigenvalue weighted by Crippen LogP contribution is 2.17. The fraction of sp³-hybridized carbons (Fsp3) is 1.00. The average Bonchev–Trinajstić information content (AvgIpc) is 2.10. The van der Waals surface area contributed by atoms with Crippen LogP contribution in [0.4, 0.5) is 0 Å². The molecule has 1 N–H and O–H groups in total. The number of rotatable bonds is 1. The van der Waals surface area contributed by atoms with E-state index in [0.29, 0.717) is 12.1 Å². The molecule has 1 unspecified atom stereocenters. The molecule has 0 amide bonds. The molecule has 1 aliphatic heterocycles. The standard InChI is InChI=1S/C9H19NO/c1-7-5-8(6-10-7)11-9(2,3)4/h7-8,10H,5-6H2,1-4H3/t7-,8?/m0/s1. The maximum absolute atomic E-state index is 5.81. The molecule has 11 heavy (non-hydrogen) atoms. The molecule has 0 aromatic carbocycles. The van der Waals surface area contributed by atoms with E-state index in [4.69, 9.17) is 4.74 Å². The van der Waals surface area contributed by atoms with Gasteiger partial charge in [0.2, 0.25) is 0 Å². The number of ether oxygens (including phenoxy) is 1. The SMILES string of the molecule is C[C@H]1CC(OC(C)(C)C)CN1. The lowest BCUT2D eigenvalue weighted by atomic mass is 10.1. The first kappa shape index (κ1) is 9.01. The lowest BCUT2D eigenvalue weighted by Crippen LogP contribution is -2.28. The molecule has 0 aromatic heterocycles. The van der Waals surface area contributed by atoms with Crippen molar-refractivity contribution in [1.82, 2.24) is 5.32 Å². The van der Waals surface area contributed by atoms with Gasteiger partial charge in [-0.25, -0.2) is 0 Å². The Bertz CT molecular complexity index is 128. The summed E-state index contributed by atoms with van der Waals surface area (Å²) in [6.07, 6.45) is 1.57. The van der Waals surface area contributed by atoms with E-state index in [1.807, 2.05) is 0 Å². The van der Waals surface area contributed by atoms with E-state index < -0.39 is 0 Å². The number of nitrogens with one attached hydrogen (secondary N) is 1. The fourth-order valence-corrected chi connectivity index (χ4v) is 1.48. The highest BCUT2D eigenvalue weighted by atomic mass is 16.5. The van der Waals surface area contributed by atoms with Crippen molar-refractivity contribution in [1.29, 1.82) is 0 Å². The number of hydrogen-bond donors (Lipinski definition) is 1. The third kappa shape index (κ3) is 3.21. The lowest BCUT2D eigenvalue weighted by molar-refractivity contribution is -0.0507. The normalized spacial score (nSPS) is 32.7. The molecule has 2 nitrogen and oxygen atoms in total. The van der Waals surface area contributed by atoms with Gasteiger partial charge < -0.3 is 10.1 Å². The van der Waals surface area contributed by atoms with Crippen LogP contribution in [0.2, 0.25) is 0 Å². The molecule has 0 saturated carbocycles. The first-order chi connectivity index (χ1) is 4.97. The Labute approximate surface area is 69.3 Å². The molecule has 0 aliphatic carbocycles. The Morgan fingerprint density at radius 1 is 1.36 bits per heavy atom. The Kier molecular flexibility index (Phi) is 2.55. The van der Waals surface area contributed by atoms with Crippen LogP contribution >= 0.6 is 0 Å². The summed E-state index contributed by atoms with van der Waals surface area (Å²) in [6.45, 7) is 9.53. The van der Waals surface area contributed by atoms with Crippen molar-refractivity contribution in [3.05, 3.63) is 0 Å². The topological polar surface area (TPSA) is 21.3 Å². The summed E-state index contributed by atoms with van der Waals surface area (Å²) < 4.78 is 5.81. The van der Waals surface area contributed by atoms with E-state index in [0.717, 1.165) is 13.0 Å². The summed E-state index contributed by atoms with van der Waals surface area (Å²) in [4.78, 5) is 0. The van der Waals surface area contributed by atoms with Gasteiger partial charge >= 0.3 is 0 Å². The van der Waals surface area contributed by atoms with E-state index in [1.165, 1.54) is 0 Å². The maximum atomic E-state index is 5.81. The van der Waals surface area contributed by atoms with Crippen LogP contribution in [0.15, 0.2) is 0 Å². The van der Waals surface area contributed by atoms with Crippen LogP contribution in [0, 0.1) is 0 Å². The van der Waals surface area contributed by atoms with Crippen LogP contribution in [-0.2, 0) is 4.74 Å². The van der Waals surface area contributed by atoms with Crippen molar-refractivity contribution < 1.29 is 4.74 Å². The molecule has 1 saturated heterocycles. The molecule has 2 atom stereocenters. The number of hydrogen-bond acceptors (Lipinski definition) is 2. The summed E-state index contributed by atoms with van der Waals surface area (Å²) >= 11 is 0. The monoisotopic (exact) mass is 157 g/mol. The van der Waals surface area contributed by atoms with Gasteiger partial charge in [-0.2, -0.15) is 0 Å². The van der Waals surface area contributed by atoms with Crippen molar-refractivity contribution >= 4 is 0 Å². The van der Waals surface area contributed by atoms with Gasteiger partial charge in [-0.15, -0.1) is 0 Å². The van der Waals surface area contributed by atoms with Crippen LogP contribution in [0.3, 0.4) is 0 Å². The predicted molar refractivity (Wildman–Crippen MR) is 46.7 cm³/mol. The highest BCUT2D eigenvalue weighted by molar-refractivity contribution is 4.80. The molecule has 0 spiro atoms. The predicted octanol–water partition coefficient (Wildman–Crippen LogP) is 1.55. The van der Waals surface area contributed by atoms with E-state index in [2.05, 4.69) is 33.0 Å². The van der Waals surface area contributed by atoms with Crippen molar-refractivity contribution in [2.45, 2.75) is 51.9 Å². The van der Waals surface area contributed by atoms with Crippen LogP contribution < -0.4 is 5.32 Å². The zero-order chi connectivity index (χ0) is 8.48. The van der Waals surface area contributed by atoms with Gasteiger partial charge in [0.05, 0.1) is 11.7 Å². The zero-order valence-electron chi connectivity index (χ0n) is 7.98. The summed E-state index contributed by atoms with van der Waals surface area (Å²) in [5.74, 6) is 0. The van der Waals surface area contributed by atoms with Gasteiger partial charge in [-0.05, 0) is 34.1 Å². The minimum atomic E-state index is 0.0103. The molecular weight excluding hydrogens is 138 g/mol. The van der Waals surface area contributed by atoms with Gasteiger partial charge in [-0.3, -0.25) is 0 Å². The molecular formula is C9H19NO. The second-order valence-corrected chi connectivity index (χ2v) is 4.40. The Morgan fingerprint density at radius 3 is 2.36 bits per heavy atom. The minimum absolute atomic E-state index is 0.0103. The Hall–Kier alpha value is -0.0800. The molecule has 2 heteroatoms. The zero-order valence-corrected chi connectivity index (χ0v) is 7.98. The molecule has 1 aliphatic rings. The van der Waals surface area contributed by atoms with Gasteiger partial charge in [0.15, 0.2) is 0 Å². The smallest absolute Gasteiger partial charge is 0.0721 e. The lowest BCUT2D eigenvalue weighted by Gasteiger charge is -2.24. The largest absolute Gasteiger partial charge is 0.371 e. The van der Waals surface area contributed by atoms with Crippen LogP contribution in [0.5, 0.6) is 0 Å².